The summed E-state index contributed by atoms with van der Waals surface area (Å²) in [5.74, 6) is -2.20. The minimum atomic E-state index is -5.08. The molecule has 5 rings (SSSR count). The van der Waals surface area contributed by atoms with E-state index in [0.29, 0.717) is 24.0 Å². The van der Waals surface area contributed by atoms with Crippen molar-refractivity contribution in [2.75, 3.05) is 26.2 Å². The van der Waals surface area contributed by atoms with Crippen LogP contribution < -0.4 is 0 Å². The number of benzene rings is 3. The molecule has 7 nitrogen and oxygen atoms in total. The number of cyclic esters (lactones) is 1. The number of halogens is 4. The molecule has 0 spiro atoms. The van der Waals surface area contributed by atoms with Gasteiger partial charge in [-0.25, -0.2) is 9.59 Å². The number of nitrogens with zero attached hydrogens (tertiary/aromatic N) is 2. The Morgan fingerprint density at radius 3 is 2.00 bits per heavy atom. The molecule has 41 heavy (non-hydrogen) atoms. The van der Waals surface area contributed by atoms with Crippen LogP contribution >= 0.6 is 11.6 Å². The quantitative estimate of drug-likeness (QED) is 0.351. The Hall–Kier alpha value is -3.76. The van der Waals surface area contributed by atoms with E-state index >= 15 is 0 Å². The number of alkyl halides is 3. The SMILES string of the molecule is O=C(O)C(F)(F)F.O=C1OC(c2ccccc2)(c2ccccc2)CN1CC1CCN(Cc2ccc(O)c(Cl)c2)CC1. The summed E-state index contributed by atoms with van der Waals surface area (Å²) in [6.45, 7) is 3.97. The van der Waals surface area contributed by atoms with Gasteiger partial charge in [0.25, 0.3) is 0 Å². The second kappa shape index (κ2) is 12.8. The number of carbonyl (C=O) groups is 2. The molecular formula is C30H30ClF3N2O5. The van der Waals surface area contributed by atoms with Gasteiger partial charge in [-0.05, 0) is 49.5 Å². The highest BCUT2D eigenvalue weighted by molar-refractivity contribution is 6.32. The predicted octanol–water partition coefficient (Wildman–Crippen LogP) is 6.29. The summed E-state index contributed by atoms with van der Waals surface area (Å²) >= 11 is 6.06. The van der Waals surface area contributed by atoms with Crippen molar-refractivity contribution in [2.45, 2.75) is 31.2 Å². The number of aliphatic carboxylic acids is 1. The first-order valence-electron chi connectivity index (χ1n) is 13.1. The zero-order valence-electron chi connectivity index (χ0n) is 22.1. The third-order valence-electron chi connectivity index (χ3n) is 7.26. The van der Waals surface area contributed by atoms with Gasteiger partial charge in [-0.2, -0.15) is 13.2 Å². The van der Waals surface area contributed by atoms with Crippen molar-refractivity contribution in [1.29, 1.82) is 0 Å². The van der Waals surface area contributed by atoms with Crippen molar-refractivity contribution in [2.24, 2.45) is 5.92 Å². The van der Waals surface area contributed by atoms with Crippen LogP contribution in [0.25, 0.3) is 0 Å². The number of piperidine rings is 1. The largest absolute Gasteiger partial charge is 0.506 e. The maximum atomic E-state index is 13.0. The second-order valence-electron chi connectivity index (χ2n) is 10.1. The summed E-state index contributed by atoms with van der Waals surface area (Å²) in [7, 11) is 0. The number of ether oxygens (including phenoxy) is 1. The molecule has 1 amide bonds. The Morgan fingerprint density at radius 1 is 0.976 bits per heavy atom. The third kappa shape index (κ3) is 7.51. The lowest BCUT2D eigenvalue weighted by Gasteiger charge is -2.33. The average molecular weight is 591 g/mol. The van der Waals surface area contributed by atoms with E-state index in [-0.39, 0.29) is 11.8 Å². The molecular weight excluding hydrogens is 561 g/mol. The van der Waals surface area contributed by atoms with Crippen LogP contribution in [0.5, 0.6) is 5.75 Å². The number of aromatic hydroxyl groups is 1. The average Bonchev–Trinajstić information content (AvgIpc) is 3.29. The normalized spacial score (nSPS) is 17.5. The second-order valence-corrected chi connectivity index (χ2v) is 10.5. The first-order chi connectivity index (χ1) is 19.5. The molecule has 2 aliphatic heterocycles. The van der Waals surface area contributed by atoms with E-state index in [9.17, 15) is 23.1 Å². The lowest BCUT2D eigenvalue weighted by molar-refractivity contribution is -0.192. The van der Waals surface area contributed by atoms with Crippen molar-refractivity contribution in [1.82, 2.24) is 9.80 Å². The molecule has 0 unspecified atom stereocenters. The molecule has 2 N–H and O–H groups in total. The number of hydrogen-bond donors (Lipinski definition) is 2. The number of likely N-dealkylation sites (tertiary alicyclic amines) is 1. The maximum absolute atomic E-state index is 13.0. The van der Waals surface area contributed by atoms with Crippen LogP contribution in [0.2, 0.25) is 5.02 Å². The molecule has 2 saturated heterocycles. The molecule has 3 aromatic rings. The highest BCUT2D eigenvalue weighted by Gasteiger charge is 2.48. The fourth-order valence-electron chi connectivity index (χ4n) is 5.15. The van der Waals surface area contributed by atoms with Gasteiger partial charge in [0, 0.05) is 24.2 Å². The smallest absolute Gasteiger partial charge is 0.490 e. The van der Waals surface area contributed by atoms with E-state index in [4.69, 9.17) is 26.2 Å². The monoisotopic (exact) mass is 590 g/mol. The lowest BCUT2D eigenvalue weighted by Crippen LogP contribution is -2.40. The Morgan fingerprint density at radius 2 is 1.51 bits per heavy atom. The third-order valence-corrected chi connectivity index (χ3v) is 7.56. The first kappa shape index (κ1) is 30.2. The number of phenolic OH excluding ortho intramolecular Hbond substituents is 1. The van der Waals surface area contributed by atoms with E-state index in [1.165, 1.54) is 0 Å². The Kier molecular flexibility index (Phi) is 9.45. The lowest BCUT2D eigenvalue weighted by atomic mass is 9.86. The molecule has 0 atom stereocenters. The van der Waals surface area contributed by atoms with Gasteiger partial charge < -0.3 is 19.8 Å². The number of rotatable bonds is 6. The van der Waals surface area contributed by atoms with Gasteiger partial charge in [0.1, 0.15) is 5.75 Å². The molecule has 2 heterocycles. The van der Waals surface area contributed by atoms with E-state index in [1.807, 2.05) is 77.7 Å². The molecule has 0 aliphatic carbocycles. The number of amides is 1. The zero-order valence-corrected chi connectivity index (χ0v) is 22.8. The van der Waals surface area contributed by atoms with E-state index in [0.717, 1.165) is 49.2 Å². The van der Waals surface area contributed by atoms with Gasteiger partial charge in [0.2, 0.25) is 0 Å². The standard InChI is InChI=1S/C28H29ClN2O3.C2HF3O2/c29-25-17-22(11-12-26(25)32)18-30-15-13-21(14-16-30)19-31-20-28(34-27(31)33,23-7-3-1-4-8-23)24-9-5-2-6-10-24;3-2(4,5)1(6)7/h1-12,17,21,32H,13-16,18-20H2;(H,6,7). The van der Waals surface area contributed by atoms with Crippen molar-refractivity contribution in [3.63, 3.8) is 0 Å². The summed E-state index contributed by atoms with van der Waals surface area (Å²) in [4.78, 5) is 26.2. The summed E-state index contributed by atoms with van der Waals surface area (Å²) in [5.41, 5.74) is 2.32. The molecule has 0 bridgehead atoms. The van der Waals surface area contributed by atoms with Crippen LogP contribution in [0, 0.1) is 5.92 Å². The van der Waals surface area contributed by atoms with Crippen LogP contribution in [0.3, 0.4) is 0 Å². The number of carbonyl (C=O) groups excluding carboxylic acids is 1. The minimum absolute atomic E-state index is 0.115. The summed E-state index contributed by atoms with van der Waals surface area (Å²) in [6.07, 6.45) is -3.27. The van der Waals surface area contributed by atoms with Crippen LogP contribution in [-0.4, -0.2) is 64.4 Å². The molecule has 218 valence electrons. The van der Waals surface area contributed by atoms with Gasteiger partial charge in [0.05, 0.1) is 11.6 Å². The Bertz CT molecular complexity index is 1290. The van der Waals surface area contributed by atoms with Crippen LogP contribution in [0.15, 0.2) is 78.9 Å². The first-order valence-corrected chi connectivity index (χ1v) is 13.4. The van der Waals surface area contributed by atoms with E-state index in [2.05, 4.69) is 4.90 Å². The van der Waals surface area contributed by atoms with Crippen molar-refractivity contribution in [3.8, 4) is 5.75 Å². The molecule has 11 heteroatoms. The summed E-state index contributed by atoms with van der Waals surface area (Å²) in [6, 6.07) is 25.5. The van der Waals surface area contributed by atoms with E-state index in [1.54, 1.807) is 6.07 Å². The minimum Gasteiger partial charge on any atom is -0.506 e. The molecule has 0 aromatic heterocycles. The summed E-state index contributed by atoms with van der Waals surface area (Å²) in [5, 5.41) is 17.1. The topological polar surface area (TPSA) is 90.3 Å². The predicted molar refractivity (Wildman–Crippen MR) is 147 cm³/mol. The fraction of sp³-hybridized carbons (Fsp3) is 0.333. The molecule has 0 saturated carbocycles. The van der Waals surface area contributed by atoms with Gasteiger partial charge in [-0.15, -0.1) is 0 Å². The number of phenols is 1. The maximum Gasteiger partial charge on any atom is 0.490 e. The highest BCUT2D eigenvalue weighted by Crippen LogP contribution is 2.40. The van der Waals surface area contributed by atoms with Crippen LogP contribution in [0.4, 0.5) is 18.0 Å². The Labute approximate surface area is 240 Å². The highest BCUT2D eigenvalue weighted by atomic mass is 35.5. The van der Waals surface area contributed by atoms with Gasteiger partial charge in [0.15, 0.2) is 5.60 Å². The molecule has 3 aromatic carbocycles. The van der Waals surface area contributed by atoms with Crippen LogP contribution in [-0.2, 0) is 21.7 Å². The molecule has 0 radical (unpaired) electrons. The number of carboxylic acid groups (broad SMARTS) is 1. The number of hydrogen-bond acceptors (Lipinski definition) is 5. The fourth-order valence-corrected chi connectivity index (χ4v) is 5.35. The van der Waals surface area contributed by atoms with Crippen molar-refractivity contribution in [3.05, 3.63) is 101 Å². The zero-order chi connectivity index (χ0) is 29.6. The van der Waals surface area contributed by atoms with Gasteiger partial charge in [-0.1, -0.05) is 78.3 Å². The van der Waals surface area contributed by atoms with Crippen LogP contribution in [0.1, 0.15) is 29.5 Å². The molecule has 2 aliphatic rings. The van der Waals surface area contributed by atoms with Gasteiger partial charge in [-0.3, -0.25) is 4.90 Å². The molecule has 2 fully saturated rings. The van der Waals surface area contributed by atoms with Crippen molar-refractivity contribution >= 4 is 23.7 Å². The van der Waals surface area contributed by atoms with E-state index < -0.39 is 17.7 Å². The van der Waals surface area contributed by atoms with Gasteiger partial charge >= 0.3 is 18.2 Å². The summed E-state index contributed by atoms with van der Waals surface area (Å²) < 4.78 is 37.9. The van der Waals surface area contributed by atoms with Crippen molar-refractivity contribution < 1.29 is 37.7 Å². The number of carboxylic acids is 1. The Balaban J connectivity index is 0.000000493.